The molecule has 2 fully saturated rings. The molecule has 0 spiro atoms. The van der Waals surface area contributed by atoms with Crippen molar-refractivity contribution in [1.82, 2.24) is 15.5 Å². The van der Waals surface area contributed by atoms with Crippen LogP contribution in [0.1, 0.15) is 56.2 Å². The van der Waals surface area contributed by atoms with Crippen LogP contribution in [0, 0.1) is 0 Å². The summed E-state index contributed by atoms with van der Waals surface area (Å²) in [5, 5.41) is 10.2. The van der Waals surface area contributed by atoms with Gasteiger partial charge in [0.2, 0.25) is 17.7 Å². The van der Waals surface area contributed by atoms with E-state index in [0.717, 1.165) is 0 Å². The molecule has 14 heteroatoms. The molecule has 2 saturated carbocycles. The van der Waals surface area contributed by atoms with E-state index in [4.69, 9.17) is 9.15 Å². The minimum atomic E-state index is -4.69. The van der Waals surface area contributed by atoms with E-state index in [9.17, 15) is 31.1 Å². The van der Waals surface area contributed by atoms with Gasteiger partial charge in [0.15, 0.2) is 0 Å². The van der Waals surface area contributed by atoms with E-state index in [1.54, 1.807) is 0 Å². The zero-order valence-electron chi connectivity index (χ0n) is 17.4. The van der Waals surface area contributed by atoms with Crippen LogP contribution in [0.4, 0.5) is 26.3 Å². The molecule has 3 rings (SSSR count). The fraction of sp³-hybridized carbons (Fsp3) is 0.737. The first-order valence-electron chi connectivity index (χ1n) is 10.3. The van der Waals surface area contributed by atoms with Gasteiger partial charge in [-0.15, -0.1) is 36.5 Å². The Labute approximate surface area is 184 Å². The van der Waals surface area contributed by atoms with Crippen LogP contribution < -0.4 is 5.32 Å². The van der Waals surface area contributed by atoms with Gasteiger partial charge in [-0.2, -0.15) is 0 Å². The van der Waals surface area contributed by atoms with Crippen molar-refractivity contribution < 1.29 is 49.8 Å². The molecule has 2 atom stereocenters. The molecule has 186 valence electrons. The van der Waals surface area contributed by atoms with E-state index >= 15 is 0 Å². The average molecular weight is 487 g/mol. The lowest BCUT2D eigenvalue weighted by Crippen LogP contribution is -2.34. The molecule has 0 aliphatic heterocycles. The summed E-state index contributed by atoms with van der Waals surface area (Å²) >= 11 is 0. The summed E-state index contributed by atoms with van der Waals surface area (Å²) in [6.07, 6.45) is -10.6. The Balaban J connectivity index is 1.30. The van der Waals surface area contributed by atoms with E-state index in [0.29, 0.717) is 12.0 Å². The molecule has 0 aromatic carbocycles. The van der Waals surface area contributed by atoms with E-state index < -0.39 is 36.9 Å². The first kappa shape index (κ1) is 25.4. The van der Waals surface area contributed by atoms with Gasteiger partial charge >= 0.3 is 12.7 Å². The summed E-state index contributed by atoms with van der Waals surface area (Å²) in [6, 6.07) is 0. The number of nitrogens with one attached hydrogen (secondary N) is 1. The van der Waals surface area contributed by atoms with Crippen LogP contribution in [0.15, 0.2) is 11.0 Å². The van der Waals surface area contributed by atoms with Crippen molar-refractivity contribution in [3.63, 3.8) is 0 Å². The Morgan fingerprint density at radius 3 is 2.30 bits per heavy atom. The second-order valence-corrected chi connectivity index (χ2v) is 7.93. The standard InChI is InChI=1S/C19H23F6N3O5/c1-10(16-27-28-17(31-16)11-6-14(7-11)33-19(23,24)25)4-5-26-15(29)9-30-12-2-3-13(8-12)32-18(20,21)22/h11-14H,1-9H2,(H,26,29)/t11?,12-,13+,14?/m1/s1. The smallest absolute Gasteiger partial charge is 0.421 e. The third-order valence-corrected chi connectivity index (χ3v) is 5.32. The largest absolute Gasteiger partial charge is 0.522 e. The molecular weight excluding hydrogens is 464 g/mol. The molecule has 1 heterocycles. The molecule has 8 nitrogen and oxygen atoms in total. The fourth-order valence-electron chi connectivity index (χ4n) is 3.65. The van der Waals surface area contributed by atoms with E-state index in [2.05, 4.69) is 31.6 Å². The SMILES string of the molecule is C=C(CCNC(=O)CO[C@@H]1CC[C@H](OC(F)(F)F)C1)c1nnc(C2CC(OC(F)(F)F)C2)o1. The van der Waals surface area contributed by atoms with E-state index in [-0.39, 0.29) is 63.0 Å². The quantitative estimate of drug-likeness (QED) is 0.501. The fourth-order valence-corrected chi connectivity index (χ4v) is 3.65. The second kappa shape index (κ2) is 10.4. The molecule has 0 radical (unpaired) electrons. The number of hydrogen-bond acceptors (Lipinski definition) is 7. The van der Waals surface area contributed by atoms with Crippen molar-refractivity contribution in [2.75, 3.05) is 13.2 Å². The Morgan fingerprint density at radius 2 is 1.64 bits per heavy atom. The molecule has 1 aromatic heterocycles. The normalized spacial score (nSPS) is 25.6. The van der Waals surface area contributed by atoms with Crippen LogP contribution in [0.3, 0.4) is 0 Å². The minimum absolute atomic E-state index is 0.0627. The first-order chi connectivity index (χ1) is 15.4. The molecular formula is C19H23F6N3O5. The van der Waals surface area contributed by atoms with Crippen molar-refractivity contribution in [2.45, 2.75) is 75.5 Å². The molecule has 2 aliphatic rings. The number of carbonyl (C=O) groups excluding carboxylic acids is 1. The van der Waals surface area contributed by atoms with Gasteiger partial charge in [0.1, 0.15) is 6.61 Å². The summed E-state index contributed by atoms with van der Waals surface area (Å²) in [5.41, 5.74) is 0.431. The minimum Gasteiger partial charge on any atom is -0.421 e. The highest BCUT2D eigenvalue weighted by Crippen LogP contribution is 2.41. The lowest BCUT2D eigenvalue weighted by atomic mass is 9.82. The second-order valence-electron chi connectivity index (χ2n) is 7.93. The predicted octanol–water partition coefficient (Wildman–Crippen LogP) is 3.85. The Kier molecular flexibility index (Phi) is 8.00. The lowest BCUT2D eigenvalue weighted by molar-refractivity contribution is -0.352. The lowest BCUT2D eigenvalue weighted by Gasteiger charge is -2.32. The molecule has 1 amide bonds. The van der Waals surface area contributed by atoms with Crippen LogP contribution in [0.25, 0.3) is 5.57 Å². The van der Waals surface area contributed by atoms with Crippen LogP contribution >= 0.6 is 0 Å². The number of halogens is 6. The van der Waals surface area contributed by atoms with Gasteiger partial charge in [0, 0.05) is 24.5 Å². The first-order valence-corrected chi connectivity index (χ1v) is 10.3. The number of nitrogens with zero attached hydrogens (tertiary/aromatic N) is 2. The van der Waals surface area contributed by atoms with Gasteiger partial charge in [-0.05, 0) is 32.1 Å². The number of amides is 1. The zero-order valence-corrected chi connectivity index (χ0v) is 17.4. The van der Waals surface area contributed by atoms with Gasteiger partial charge in [-0.25, -0.2) is 0 Å². The highest BCUT2D eigenvalue weighted by atomic mass is 19.4. The average Bonchev–Trinajstić information content (AvgIpc) is 3.30. The highest BCUT2D eigenvalue weighted by Gasteiger charge is 2.42. The molecule has 1 aromatic rings. The Morgan fingerprint density at radius 1 is 1.00 bits per heavy atom. The van der Waals surface area contributed by atoms with Gasteiger partial charge in [-0.1, -0.05) is 6.58 Å². The summed E-state index contributed by atoms with van der Waals surface area (Å²) in [7, 11) is 0. The summed E-state index contributed by atoms with van der Waals surface area (Å²) in [6.45, 7) is 3.66. The molecule has 1 N–H and O–H groups in total. The van der Waals surface area contributed by atoms with Crippen LogP contribution in [0.5, 0.6) is 0 Å². The number of hydrogen-bond donors (Lipinski definition) is 1. The molecule has 0 saturated heterocycles. The summed E-state index contributed by atoms with van der Waals surface area (Å²) in [4.78, 5) is 11.9. The third kappa shape index (κ3) is 8.27. The zero-order chi connectivity index (χ0) is 24.2. The number of ether oxygens (including phenoxy) is 3. The van der Waals surface area contributed by atoms with Gasteiger partial charge in [0.05, 0.1) is 18.3 Å². The topological polar surface area (TPSA) is 95.7 Å². The van der Waals surface area contributed by atoms with Crippen molar-refractivity contribution >= 4 is 11.5 Å². The van der Waals surface area contributed by atoms with Gasteiger partial charge < -0.3 is 14.5 Å². The van der Waals surface area contributed by atoms with Gasteiger partial charge in [-0.3, -0.25) is 14.3 Å². The monoisotopic (exact) mass is 487 g/mol. The molecule has 33 heavy (non-hydrogen) atoms. The summed E-state index contributed by atoms with van der Waals surface area (Å²) < 4.78 is 91.8. The maximum absolute atomic E-state index is 12.2. The van der Waals surface area contributed by atoms with Crippen LogP contribution in [-0.2, 0) is 19.0 Å². The van der Waals surface area contributed by atoms with Crippen LogP contribution in [0.2, 0.25) is 0 Å². The third-order valence-electron chi connectivity index (χ3n) is 5.32. The Hall–Kier alpha value is -2.19. The number of carbonyl (C=O) groups is 1. The van der Waals surface area contributed by atoms with E-state index in [1.807, 2.05) is 0 Å². The number of rotatable bonds is 10. The summed E-state index contributed by atoms with van der Waals surface area (Å²) in [5.74, 6) is -0.438. The van der Waals surface area contributed by atoms with Crippen molar-refractivity contribution in [2.24, 2.45) is 0 Å². The number of aromatic nitrogens is 2. The van der Waals surface area contributed by atoms with Gasteiger partial charge in [0.25, 0.3) is 0 Å². The molecule has 2 aliphatic carbocycles. The Bertz CT molecular complexity index is 822. The number of alkyl halides is 6. The van der Waals surface area contributed by atoms with Crippen molar-refractivity contribution in [1.29, 1.82) is 0 Å². The van der Waals surface area contributed by atoms with Crippen molar-refractivity contribution in [3.8, 4) is 0 Å². The maximum Gasteiger partial charge on any atom is 0.522 e. The predicted molar refractivity (Wildman–Crippen MR) is 98.4 cm³/mol. The van der Waals surface area contributed by atoms with Crippen molar-refractivity contribution in [3.05, 3.63) is 18.4 Å². The van der Waals surface area contributed by atoms with E-state index in [1.165, 1.54) is 0 Å². The molecule has 0 unspecified atom stereocenters. The van der Waals surface area contributed by atoms with Crippen LogP contribution in [-0.4, -0.2) is 60.3 Å². The maximum atomic E-state index is 12.2. The molecule has 0 bridgehead atoms. The highest BCUT2D eigenvalue weighted by molar-refractivity contribution is 5.77.